The molecule has 0 radical (unpaired) electrons. The number of aryl methyl sites for hydroxylation is 3. The van der Waals surface area contributed by atoms with Gasteiger partial charge in [-0.2, -0.15) is 0 Å². The number of imidazole rings is 1. The number of carbonyl (C=O) groups excluding carboxylic acids is 1. The van der Waals surface area contributed by atoms with E-state index in [4.69, 9.17) is 9.72 Å². The van der Waals surface area contributed by atoms with Gasteiger partial charge < -0.3 is 9.30 Å². The fourth-order valence-corrected chi connectivity index (χ4v) is 3.59. The van der Waals surface area contributed by atoms with Crippen LogP contribution in [0, 0.1) is 6.92 Å². The highest BCUT2D eigenvalue weighted by Gasteiger charge is 2.17. The van der Waals surface area contributed by atoms with Gasteiger partial charge in [0.05, 0.1) is 6.10 Å². The van der Waals surface area contributed by atoms with Crippen LogP contribution in [0.1, 0.15) is 55.6 Å². The minimum atomic E-state index is -0.0318. The highest BCUT2D eigenvalue weighted by atomic mass is 16.5. The van der Waals surface area contributed by atoms with Gasteiger partial charge in [0.15, 0.2) is 11.4 Å². The normalized spacial score (nSPS) is 12.5. The highest BCUT2D eigenvalue weighted by molar-refractivity contribution is 5.94. The molecule has 0 saturated carbocycles. The van der Waals surface area contributed by atoms with Crippen molar-refractivity contribution in [1.82, 2.24) is 19.5 Å². The molecular weight excluding hydrogens is 352 g/mol. The van der Waals surface area contributed by atoms with Gasteiger partial charge >= 0.3 is 0 Å². The summed E-state index contributed by atoms with van der Waals surface area (Å²) in [6, 6.07) is 5.70. The molecule has 148 valence electrons. The molecule has 0 N–H and O–H groups in total. The van der Waals surface area contributed by atoms with E-state index in [1.54, 1.807) is 13.2 Å². The monoisotopic (exact) mass is 380 g/mol. The van der Waals surface area contributed by atoms with Crippen molar-refractivity contribution >= 4 is 16.9 Å². The lowest BCUT2D eigenvalue weighted by Crippen LogP contribution is -2.14. The molecule has 1 atom stereocenters. The lowest BCUT2D eigenvalue weighted by Gasteiger charge is -2.14. The molecule has 0 bridgehead atoms. The topological polar surface area (TPSA) is 69.9 Å². The summed E-state index contributed by atoms with van der Waals surface area (Å²) < 4.78 is 7.73. The minimum absolute atomic E-state index is 0.0318. The van der Waals surface area contributed by atoms with E-state index in [2.05, 4.69) is 28.4 Å². The summed E-state index contributed by atoms with van der Waals surface area (Å²) in [7, 11) is 1.76. The molecule has 28 heavy (non-hydrogen) atoms. The summed E-state index contributed by atoms with van der Waals surface area (Å²) in [6.45, 7) is 8.53. The van der Waals surface area contributed by atoms with Crippen LogP contribution in [0.2, 0.25) is 0 Å². The summed E-state index contributed by atoms with van der Waals surface area (Å²) in [5.41, 5.74) is 5.04. The first-order valence-electron chi connectivity index (χ1n) is 9.85. The van der Waals surface area contributed by atoms with Gasteiger partial charge in [0, 0.05) is 50.0 Å². The number of carbonyl (C=O) groups is 1. The van der Waals surface area contributed by atoms with Crippen LogP contribution in [-0.2, 0) is 17.7 Å². The molecule has 3 aromatic heterocycles. The first kappa shape index (κ1) is 20.1. The Morgan fingerprint density at radius 2 is 1.96 bits per heavy atom. The number of fused-ring (bicyclic) bond motifs is 1. The van der Waals surface area contributed by atoms with E-state index in [0.29, 0.717) is 5.69 Å². The number of aromatic nitrogens is 4. The fourth-order valence-electron chi connectivity index (χ4n) is 3.59. The third kappa shape index (κ3) is 3.83. The van der Waals surface area contributed by atoms with Crippen LogP contribution < -0.4 is 0 Å². The zero-order valence-corrected chi connectivity index (χ0v) is 17.3. The SMILES string of the molecule is CCc1nc2c(-c3ccc(C(C)=O)nc3C)ccnc2n1CCC(CC)OC. The number of ketones is 1. The summed E-state index contributed by atoms with van der Waals surface area (Å²) in [6.07, 6.45) is 4.79. The van der Waals surface area contributed by atoms with E-state index in [1.807, 2.05) is 25.3 Å². The van der Waals surface area contributed by atoms with Crippen LogP contribution in [0.4, 0.5) is 0 Å². The van der Waals surface area contributed by atoms with Gasteiger partial charge in [-0.1, -0.05) is 19.9 Å². The molecule has 6 nitrogen and oxygen atoms in total. The molecule has 0 fully saturated rings. The lowest BCUT2D eigenvalue weighted by molar-refractivity contribution is 0.0883. The van der Waals surface area contributed by atoms with Gasteiger partial charge in [-0.05, 0) is 31.9 Å². The van der Waals surface area contributed by atoms with Crippen molar-refractivity contribution in [2.24, 2.45) is 0 Å². The molecule has 3 aromatic rings. The molecule has 0 amide bonds. The van der Waals surface area contributed by atoms with Gasteiger partial charge in [0.2, 0.25) is 0 Å². The van der Waals surface area contributed by atoms with Crippen molar-refractivity contribution in [2.45, 2.75) is 59.6 Å². The Balaban J connectivity index is 2.08. The average Bonchev–Trinajstić information content (AvgIpc) is 3.06. The zero-order chi connectivity index (χ0) is 20.3. The van der Waals surface area contributed by atoms with Crippen LogP contribution in [0.25, 0.3) is 22.3 Å². The molecule has 0 aliphatic rings. The molecular formula is C22H28N4O2. The number of nitrogens with zero attached hydrogens (tertiary/aromatic N) is 4. The molecule has 0 saturated heterocycles. The maximum absolute atomic E-state index is 11.6. The predicted molar refractivity (Wildman–Crippen MR) is 111 cm³/mol. The Morgan fingerprint density at radius 3 is 2.57 bits per heavy atom. The van der Waals surface area contributed by atoms with E-state index in [0.717, 1.165) is 59.6 Å². The van der Waals surface area contributed by atoms with Crippen LogP contribution >= 0.6 is 0 Å². The van der Waals surface area contributed by atoms with E-state index < -0.39 is 0 Å². The number of hydrogen-bond donors (Lipinski definition) is 0. The van der Waals surface area contributed by atoms with Crippen LogP contribution in [-0.4, -0.2) is 38.5 Å². The molecule has 0 spiro atoms. The Labute approximate surface area is 166 Å². The number of ether oxygens (including phenoxy) is 1. The molecule has 0 aliphatic heterocycles. The van der Waals surface area contributed by atoms with Crippen molar-refractivity contribution in [2.75, 3.05) is 7.11 Å². The van der Waals surface area contributed by atoms with E-state index in [-0.39, 0.29) is 11.9 Å². The number of rotatable bonds is 8. The third-order valence-electron chi connectivity index (χ3n) is 5.23. The molecule has 1 unspecified atom stereocenters. The number of methoxy groups -OCH3 is 1. The lowest BCUT2D eigenvalue weighted by atomic mass is 10.0. The molecule has 0 aromatic carbocycles. The molecule has 6 heteroatoms. The second kappa shape index (κ2) is 8.61. The van der Waals surface area contributed by atoms with Crippen LogP contribution in [0.3, 0.4) is 0 Å². The summed E-state index contributed by atoms with van der Waals surface area (Å²) in [5.74, 6) is 0.988. The van der Waals surface area contributed by atoms with E-state index in [9.17, 15) is 4.79 Å². The number of pyridine rings is 2. The summed E-state index contributed by atoms with van der Waals surface area (Å²) >= 11 is 0. The first-order chi connectivity index (χ1) is 13.5. The highest BCUT2D eigenvalue weighted by Crippen LogP contribution is 2.30. The number of hydrogen-bond acceptors (Lipinski definition) is 5. The third-order valence-corrected chi connectivity index (χ3v) is 5.23. The number of Topliss-reactive ketones (excluding diaryl/α,β-unsaturated/α-hetero) is 1. The maximum atomic E-state index is 11.6. The van der Waals surface area contributed by atoms with Crippen LogP contribution in [0.15, 0.2) is 24.4 Å². The smallest absolute Gasteiger partial charge is 0.178 e. The van der Waals surface area contributed by atoms with Gasteiger partial charge in [-0.3, -0.25) is 4.79 Å². The Kier molecular flexibility index (Phi) is 6.19. The van der Waals surface area contributed by atoms with Gasteiger partial charge in [0.1, 0.15) is 17.0 Å². The molecule has 3 rings (SSSR count). The van der Waals surface area contributed by atoms with Crippen molar-refractivity contribution in [1.29, 1.82) is 0 Å². The Bertz CT molecular complexity index is 990. The Morgan fingerprint density at radius 1 is 1.18 bits per heavy atom. The van der Waals surface area contributed by atoms with Crippen LogP contribution in [0.5, 0.6) is 0 Å². The fraction of sp³-hybridized carbons (Fsp3) is 0.455. The van der Waals surface area contributed by atoms with E-state index in [1.165, 1.54) is 6.92 Å². The van der Waals surface area contributed by atoms with Gasteiger partial charge in [0.25, 0.3) is 0 Å². The Hall–Kier alpha value is -2.60. The van der Waals surface area contributed by atoms with Gasteiger partial charge in [-0.15, -0.1) is 0 Å². The minimum Gasteiger partial charge on any atom is -0.381 e. The van der Waals surface area contributed by atoms with Crippen molar-refractivity contribution in [3.05, 3.63) is 41.6 Å². The first-order valence-corrected chi connectivity index (χ1v) is 9.85. The average molecular weight is 380 g/mol. The molecule has 0 aliphatic carbocycles. The van der Waals surface area contributed by atoms with Gasteiger partial charge in [-0.25, -0.2) is 15.0 Å². The predicted octanol–water partition coefficient (Wildman–Crippen LogP) is 4.38. The van der Waals surface area contributed by atoms with Crippen molar-refractivity contribution in [3.8, 4) is 11.1 Å². The van der Waals surface area contributed by atoms with Crippen molar-refractivity contribution < 1.29 is 9.53 Å². The zero-order valence-electron chi connectivity index (χ0n) is 17.3. The molecule has 3 heterocycles. The maximum Gasteiger partial charge on any atom is 0.178 e. The summed E-state index contributed by atoms with van der Waals surface area (Å²) in [5, 5.41) is 0. The van der Waals surface area contributed by atoms with Crippen molar-refractivity contribution in [3.63, 3.8) is 0 Å². The standard InChI is InChI=1S/C22H28N4O2/c1-6-16(28-5)11-13-26-20(7-2)25-21-18(10-12-23-22(21)26)17-8-9-19(15(4)27)24-14(17)3/h8-10,12,16H,6-7,11,13H2,1-5H3. The second-order valence-corrected chi connectivity index (χ2v) is 7.00. The largest absolute Gasteiger partial charge is 0.381 e. The second-order valence-electron chi connectivity index (χ2n) is 7.00. The summed E-state index contributed by atoms with van der Waals surface area (Å²) in [4.78, 5) is 25.6. The quantitative estimate of drug-likeness (QED) is 0.542. The van der Waals surface area contributed by atoms with E-state index >= 15 is 0 Å².